The molecule has 148 valence electrons. The predicted molar refractivity (Wildman–Crippen MR) is 108 cm³/mol. The SMILES string of the molecule is Cc1cccc(-c2nc(N)c3cc(Cc4ccccc4OC(F)(F)F)sc3n2)c1. The third kappa shape index (κ3) is 4.32. The number of rotatable bonds is 4. The maximum atomic E-state index is 12.7. The number of hydrogen-bond acceptors (Lipinski definition) is 5. The molecule has 0 aliphatic rings. The van der Waals surface area contributed by atoms with Crippen LogP contribution in [-0.2, 0) is 6.42 Å². The van der Waals surface area contributed by atoms with Gasteiger partial charge in [0.05, 0.1) is 5.39 Å². The fourth-order valence-electron chi connectivity index (χ4n) is 3.06. The van der Waals surface area contributed by atoms with Crippen molar-refractivity contribution >= 4 is 27.4 Å². The van der Waals surface area contributed by atoms with Gasteiger partial charge in [-0.3, -0.25) is 0 Å². The average molecular weight is 415 g/mol. The maximum Gasteiger partial charge on any atom is 0.573 e. The monoisotopic (exact) mass is 415 g/mol. The fourth-order valence-corrected chi connectivity index (χ4v) is 4.11. The predicted octanol–water partition coefficient (Wildman–Crippen LogP) is 5.74. The topological polar surface area (TPSA) is 61.0 Å². The van der Waals surface area contributed by atoms with Crippen molar-refractivity contribution in [3.05, 3.63) is 70.6 Å². The lowest BCUT2D eigenvalue weighted by Crippen LogP contribution is -2.18. The van der Waals surface area contributed by atoms with Crippen molar-refractivity contribution in [3.63, 3.8) is 0 Å². The number of aryl methyl sites for hydroxylation is 1. The second kappa shape index (κ2) is 7.36. The summed E-state index contributed by atoms with van der Waals surface area (Å²) in [5.41, 5.74) is 8.51. The van der Waals surface area contributed by atoms with Crippen LogP contribution < -0.4 is 10.5 Å². The van der Waals surface area contributed by atoms with E-state index >= 15 is 0 Å². The van der Waals surface area contributed by atoms with Crippen LogP contribution in [0.2, 0.25) is 0 Å². The van der Waals surface area contributed by atoms with Crippen LogP contribution in [0.4, 0.5) is 19.0 Å². The Balaban J connectivity index is 1.69. The lowest BCUT2D eigenvalue weighted by Gasteiger charge is -2.12. The number of benzene rings is 2. The van der Waals surface area contributed by atoms with Gasteiger partial charge < -0.3 is 10.5 Å². The number of nitrogen functional groups attached to an aromatic ring is 1. The lowest BCUT2D eigenvalue weighted by molar-refractivity contribution is -0.274. The number of ether oxygens (including phenoxy) is 1. The molecule has 8 heteroatoms. The molecule has 4 rings (SSSR count). The van der Waals surface area contributed by atoms with E-state index in [1.165, 1.54) is 23.5 Å². The van der Waals surface area contributed by atoms with Crippen LogP contribution in [-0.4, -0.2) is 16.3 Å². The second-order valence-corrected chi connectivity index (χ2v) is 7.68. The molecule has 0 radical (unpaired) electrons. The van der Waals surface area contributed by atoms with E-state index in [1.54, 1.807) is 12.1 Å². The number of anilines is 1. The Hall–Kier alpha value is -3.13. The normalized spacial score (nSPS) is 11.7. The highest BCUT2D eigenvalue weighted by Gasteiger charge is 2.32. The smallest absolute Gasteiger partial charge is 0.405 e. The largest absolute Gasteiger partial charge is 0.573 e. The molecule has 2 heterocycles. The first-order chi connectivity index (χ1) is 13.8. The first-order valence-electron chi connectivity index (χ1n) is 8.75. The van der Waals surface area contributed by atoms with Crippen molar-refractivity contribution < 1.29 is 17.9 Å². The Bertz CT molecular complexity index is 1190. The summed E-state index contributed by atoms with van der Waals surface area (Å²) in [5.74, 6) is 0.652. The number of hydrogen-bond donors (Lipinski definition) is 1. The summed E-state index contributed by atoms with van der Waals surface area (Å²) in [4.78, 5) is 10.5. The lowest BCUT2D eigenvalue weighted by atomic mass is 10.1. The van der Waals surface area contributed by atoms with Gasteiger partial charge >= 0.3 is 6.36 Å². The number of fused-ring (bicyclic) bond motifs is 1. The van der Waals surface area contributed by atoms with Crippen LogP contribution in [0, 0.1) is 6.92 Å². The van der Waals surface area contributed by atoms with E-state index in [1.807, 2.05) is 37.3 Å². The summed E-state index contributed by atoms with van der Waals surface area (Å²) in [7, 11) is 0. The summed E-state index contributed by atoms with van der Waals surface area (Å²) in [6.07, 6.45) is -4.47. The molecule has 4 aromatic rings. The summed E-state index contributed by atoms with van der Waals surface area (Å²) < 4.78 is 42.1. The van der Waals surface area contributed by atoms with E-state index in [0.29, 0.717) is 27.4 Å². The number of aromatic nitrogens is 2. The highest BCUT2D eigenvalue weighted by atomic mass is 32.1. The Morgan fingerprint density at radius 2 is 1.83 bits per heavy atom. The number of para-hydroxylation sites is 1. The van der Waals surface area contributed by atoms with Gasteiger partial charge in [0.25, 0.3) is 0 Å². The minimum Gasteiger partial charge on any atom is -0.405 e. The molecule has 0 atom stereocenters. The number of halogens is 3. The van der Waals surface area contributed by atoms with E-state index < -0.39 is 6.36 Å². The van der Waals surface area contributed by atoms with Crippen LogP contribution in [0.25, 0.3) is 21.6 Å². The van der Waals surface area contributed by atoms with Gasteiger partial charge in [-0.05, 0) is 30.7 Å². The average Bonchev–Trinajstić information content (AvgIpc) is 3.05. The number of alkyl halides is 3. The molecule has 0 fully saturated rings. The van der Waals surface area contributed by atoms with E-state index in [2.05, 4.69) is 14.7 Å². The van der Waals surface area contributed by atoms with Gasteiger partial charge in [-0.15, -0.1) is 24.5 Å². The molecule has 0 aliphatic carbocycles. The zero-order valence-electron chi connectivity index (χ0n) is 15.3. The maximum absolute atomic E-state index is 12.7. The molecule has 29 heavy (non-hydrogen) atoms. The molecule has 0 amide bonds. The van der Waals surface area contributed by atoms with Crippen molar-refractivity contribution in [2.75, 3.05) is 5.73 Å². The molecule has 4 nitrogen and oxygen atoms in total. The van der Waals surface area contributed by atoms with Crippen molar-refractivity contribution in [2.45, 2.75) is 19.7 Å². The molecule has 0 unspecified atom stereocenters. The van der Waals surface area contributed by atoms with Gasteiger partial charge in [0.1, 0.15) is 16.4 Å². The highest BCUT2D eigenvalue weighted by Crippen LogP contribution is 2.34. The van der Waals surface area contributed by atoms with Gasteiger partial charge in [0.2, 0.25) is 0 Å². The van der Waals surface area contributed by atoms with Crippen LogP contribution in [0.5, 0.6) is 5.75 Å². The molecule has 2 aromatic carbocycles. The van der Waals surface area contributed by atoms with Gasteiger partial charge in [-0.1, -0.05) is 42.0 Å². The van der Waals surface area contributed by atoms with Crippen molar-refractivity contribution in [1.29, 1.82) is 0 Å². The zero-order valence-corrected chi connectivity index (χ0v) is 16.1. The third-order valence-electron chi connectivity index (χ3n) is 4.31. The third-order valence-corrected chi connectivity index (χ3v) is 5.34. The van der Waals surface area contributed by atoms with Crippen molar-refractivity contribution in [3.8, 4) is 17.1 Å². The molecule has 2 aromatic heterocycles. The summed E-state index contributed by atoms with van der Waals surface area (Å²) in [5, 5.41) is 0.690. The number of nitrogens with two attached hydrogens (primary N) is 1. The molecule has 0 saturated heterocycles. The molecule has 2 N–H and O–H groups in total. The van der Waals surface area contributed by atoms with Crippen LogP contribution in [0.1, 0.15) is 16.0 Å². The van der Waals surface area contributed by atoms with E-state index in [9.17, 15) is 13.2 Å². The Morgan fingerprint density at radius 1 is 1.03 bits per heavy atom. The van der Waals surface area contributed by atoms with Crippen LogP contribution in [0.15, 0.2) is 54.6 Å². The highest BCUT2D eigenvalue weighted by molar-refractivity contribution is 7.18. The fraction of sp³-hybridized carbons (Fsp3) is 0.143. The number of thiophene rings is 1. The Kier molecular flexibility index (Phi) is 4.87. The Morgan fingerprint density at radius 3 is 2.59 bits per heavy atom. The molecule has 0 aliphatic heterocycles. The molecule has 0 bridgehead atoms. The summed E-state index contributed by atoms with van der Waals surface area (Å²) in [6.45, 7) is 1.98. The second-order valence-electron chi connectivity index (χ2n) is 6.57. The molecular formula is C21H16F3N3OS. The summed E-state index contributed by atoms with van der Waals surface area (Å²) >= 11 is 1.38. The van der Waals surface area contributed by atoms with Gasteiger partial charge in [0, 0.05) is 16.9 Å². The standard InChI is InChI=1S/C21H16F3N3OS/c1-12-5-4-7-14(9-12)19-26-18(25)16-11-15(29-20(16)27-19)10-13-6-2-3-8-17(13)28-21(22,23)24/h2-9,11H,10H2,1H3,(H2,25,26,27). The van der Waals surface area contributed by atoms with Crippen molar-refractivity contribution in [2.24, 2.45) is 0 Å². The van der Waals surface area contributed by atoms with Gasteiger partial charge in [-0.2, -0.15) is 0 Å². The van der Waals surface area contributed by atoms with Gasteiger partial charge in [-0.25, -0.2) is 9.97 Å². The molecule has 0 spiro atoms. The van der Waals surface area contributed by atoms with Crippen LogP contribution >= 0.6 is 11.3 Å². The molecular weight excluding hydrogens is 399 g/mol. The summed E-state index contributed by atoms with van der Waals surface area (Å²) in [6, 6.07) is 15.7. The number of nitrogens with zero attached hydrogens (tertiary/aromatic N) is 2. The first kappa shape index (κ1) is 19.2. The van der Waals surface area contributed by atoms with Crippen molar-refractivity contribution in [1.82, 2.24) is 9.97 Å². The Labute approximate surface area is 168 Å². The van der Waals surface area contributed by atoms with Crippen LogP contribution in [0.3, 0.4) is 0 Å². The zero-order chi connectivity index (χ0) is 20.6. The van der Waals surface area contributed by atoms with Gasteiger partial charge in [0.15, 0.2) is 5.82 Å². The van der Waals surface area contributed by atoms with E-state index in [0.717, 1.165) is 16.0 Å². The minimum absolute atomic E-state index is 0.211. The van der Waals surface area contributed by atoms with E-state index in [-0.39, 0.29) is 12.2 Å². The minimum atomic E-state index is -4.74. The van der Waals surface area contributed by atoms with E-state index in [4.69, 9.17) is 5.73 Å². The first-order valence-corrected chi connectivity index (χ1v) is 9.57. The molecule has 0 saturated carbocycles. The quantitative estimate of drug-likeness (QED) is 0.462.